The monoisotopic (exact) mass is 419 g/mol. The van der Waals surface area contributed by atoms with Crippen molar-refractivity contribution in [2.75, 3.05) is 14.1 Å². The fourth-order valence-corrected chi connectivity index (χ4v) is 2.71. The Kier molecular flexibility index (Phi) is 7.79. The highest BCUT2D eigenvalue weighted by Gasteiger charge is 2.15. The summed E-state index contributed by atoms with van der Waals surface area (Å²) in [5.74, 6) is -0.635. The van der Waals surface area contributed by atoms with Gasteiger partial charge in [-0.25, -0.2) is 9.67 Å². The molecule has 0 spiro atoms. The van der Waals surface area contributed by atoms with Gasteiger partial charge in [0.25, 0.3) is 5.56 Å². The molecule has 160 valence electrons. The maximum atomic E-state index is 12.4. The van der Waals surface area contributed by atoms with E-state index in [0.29, 0.717) is 11.3 Å². The molecule has 0 aliphatic heterocycles. The number of alkyl halides is 2. The highest BCUT2D eigenvalue weighted by molar-refractivity contribution is 5.76. The molecule has 0 aliphatic rings. The van der Waals surface area contributed by atoms with E-state index in [-0.39, 0.29) is 18.5 Å². The van der Waals surface area contributed by atoms with Crippen LogP contribution in [0.25, 0.3) is 11.3 Å². The molecule has 8 nitrogen and oxygen atoms in total. The van der Waals surface area contributed by atoms with E-state index in [1.54, 1.807) is 12.2 Å². The van der Waals surface area contributed by atoms with Gasteiger partial charge in [-0.15, -0.1) is 0 Å². The number of hydrogen-bond donors (Lipinski definition) is 1. The third-order valence-corrected chi connectivity index (χ3v) is 4.03. The van der Waals surface area contributed by atoms with Crippen molar-refractivity contribution in [2.24, 2.45) is 0 Å². The number of carbonyl (C=O) groups is 1. The van der Waals surface area contributed by atoms with E-state index in [4.69, 9.17) is 0 Å². The van der Waals surface area contributed by atoms with Crippen molar-refractivity contribution in [2.45, 2.75) is 26.1 Å². The second kappa shape index (κ2) is 10.3. The zero-order valence-corrected chi connectivity index (χ0v) is 16.9. The van der Waals surface area contributed by atoms with Gasteiger partial charge in [-0.05, 0) is 25.1 Å². The molecule has 2 heterocycles. The fraction of sp³-hybridized carbons (Fsp3) is 0.300. The Morgan fingerprint density at radius 1 is 1.33 bits per heavy atom. The molecule has 0 aromatic carbocycles. The van der Waals surface area contributed by atoms with Gasteiger partial charge >= 0.3 is 6.61 Å². The molecule has 0 saturated heterocycles. The number of amides is 1. The molecule has 2 aromatic rings. The number of allylic oxidation sites excluding steroid dienone is 2. The lowest BCUT2D eigenvalue weighted by molar-refractivity contribution is -0.122. The number of hydrogen-bond acceptors (Lipinski definition) is 6. The summed E-state index contributed by atoms with van der Waals surface area (Å²) in [6.45, 7) is 2.22. The van der Waals surface area contributed by atoms with Crippen molar-refractivity contribution < 1.29 is 18.3 Å². The average molecular weight is 419 g/mol. The SMILES string of the molecule is C=C/C=C(/[C@H](C)NC(=O)Cn1nc(-c2ccc(OC(F)F)nc2)ccc1=O)N(C)C. The Morgan fingerprint density at radius 2 is 2.07 bits per heavy atom. The van der Waals surface area contributed by atoms with E-state index in [9.17, 15) is 18.4 Å². The van der Waals surface area contributed by atoms with Crippen LogP contribution in [0.15, 0.2) is 59.7 Å². The van der Waals surface area contributed by atoms with Gasteiger partial charge in [0.2, 0.25) is 11.8 Å². The summed E-state index contributed by atoms with van der Waals surface area (Å²) in [5.41, 5.74) is 1.21. The lowest BCUT2D eigenvalue weighted by Gasteiger charge is -2.24. The molecule has 0 aliphatic carbocycles. The quantitative estimate of drug-likeness (QED) is 0.626. The largest absolute Gasteiger partial charge is 0.417 e. The first-order valence-corrected chi connectivity index (χ1v) is 9.00. The molecule has 0 saturated carbocycles. The second-order valence-corrected chi connectivity index (χ2v) is 6.49. The number of carbonyl (C=O) groups excluding carboxylic acids is 1. The predicted octanol–water partition coefficient (Wildman–Crippen LogP) is 2.04. The molecule has 2 rings (SSSR count). The third-order valence-electron chi connectivity index (χ3n) is 4.03. The maximum Gasteiger partial charge on any atom is 0.388 e. The lowest BCUT2D eigenvalue weighted by atomic mass is 10.2. The molecule has 1 N–H and O–H groups in total. The number of aromatic nitrogens is 3. The summed E-state index contributed by atoms with van der Waals surface area (Å²) >= 11 is 0. The minimum absolute atomic E-state index is 0.236. The number of nitrogens with zero attached hydrogens (tertiary/aromatic N) is 4. The number of likely N-dealkylation sites (N-methyl/N-ethyl adjacent to an activating group) is 1. The average Bonchev–Trinajstić information content (AvgIpc) is 2.67. The number of ether oxygens (including phenoxy) is 1. The minimum Gasteiger partial charge on any atom is -0.417 e. The Hall–Kier alpha value is -3.56. The van der Waals surface area contributed by atoms with Crippen LogP contribution in [0.4, 0.5) is 8.78 Å². The molecule has 1 amide bonds. The van der Waals surface area contributed by atoms with Crippen LogP contribution in [0.3, 0.4) is 0 Å². The van der Waals surface area contributed by atoms with Crippen molar-refractivity contribution in [3.05, 3.63) is 65.2 Å². The first-order valence-electron chi connectivity index (χ1n) is 9.00. The Balaban J connectivity index is 2.15. The normalized spacial score (nSPS) is 12.4. The standard InChI is InChI=1S/C20H23F2N5O3/c1-5-6-16(26(3)4)13(2)24-17(28)12-27-19(29)10-8-15(25-27)14-7-9-18(23-11-14)30-20(21)22/h5-11,13,20H,1,12H2,2-4H3,(H,24,28)/b16-6-/t13-/m0/s1. The van der Waals surface area contributed by atoms with Crippen molar-refractivity contribution in [3.8, 4) is 17.1 Å². The van der Waals surface area contributed by atoms with Gasteiger partial charge in [0, 0.05) is 43.7 Å². The summed E-state index contributed by atoms with van der Waals surface area (Å²) in [7, 11) is 3.69. The molecule has 1 atom stereocenters. The van der Waals surface area contributed by atoms with Gasteiger partial charge < -0.3 is 15.0 Å². The number of nitrogens with one attached hydrogen (secondary N) is 1. The van der Waals surface area contributed by atoms with Gasteiger partial charge in [0.15, 0.2) is 0 Å². The van der Waals surface area contributed by atoms with Crippen LogP contribution < -0.4 is 15.6 Å². The van der Waals surface area contributed by atoms with Crippen molar-refractivity contribution in [1.82, 2.24) is 25.0 Å². The molecule has 0 radical (unpaired) electrons. The topological polar surface area (TPSA) is 89.4 Å². The fourth-order valence-electron chi connectivity index (χ4n) is 2.71. The number of pyridine rings is 1. The van der Waals surface area contributed by atoms with Crippen LogP contribution in [0.5, 0.6) is 5.88 Å². The van der Waals surface area contributed by atoms with Crippen LogP contribution >= 0.6 is 0 Å². The van der Waals surface area contributed by atoms with Crippen LogP contribution in [0.1, 0.15) is 6.92 Å². The summed E-state index contributed by atoms with van der Waals surface area (Å²) in [4.78, 5) is 30.2. The Bertz CT molecular complexity index is 971. The van der Waals surface area contributed by atoms with E-state index in [1.807, 2.05) is 25.9 Å². The van der Waals surface area contributed by atoms with Crippen LogP contribution in [-0.2, 0) is 11.3 Å². The summed E-state index contributed by atoms with van der Waals surface area (Å²) in [6, 6.07) is 5.16. The van der Waals surface area contributed by atoms with Gasteiger partial charge in [0.1, 0.15) is 6.54 Å². The Labute approximate surface area is 172 Å². The van der Waals surface area contributed by atoms with E-state index in [2.05, 4.69) is 26.7 Å². The smallest absolute Gasteiger partial charge is 0.388 e. The van der Waals surface area contributed by atoms with Crippen molar-refractivity contribution in [1.29, 1.82) is 0 Å². The van der Waals surface area contributed by atoms with Gasteiger partial charge in [-0.3, -0.25) is 9.59 Å². The van der Waals surface area contributed by atoms with E-state index in [1.165, 1.54) is 30.5 Å². The van der Waals surface area contributed by atoms with Crippen LogP contribution in [0.2, 0.25) is 0 Å². The van der Waals surface area contributed by atoms with E-state index < -0.39 is 18.1 Å². The van der Waals surface area contributed by atoms with Gasteiger partial charge in [0.05, 0.1) is 11.7 Å². The second-order valence-electron chi connectivity index (χ2n) is 6.49. The summed E-state index contributed by atoms with van der Waals surface area (Å²) in [6.07, 6.45) is 4.70. The first-order chi connectivity index (χ1) is 14.2. The first kappa shape index (κ1) is 22.7. The van der Waals surface area contributed by atoms with Crippen molar-refractivity contribution >= 4 is 5.91 Å². The van der Waals surface area contributed by atoms with Gasteiger partial charge in [-0.2, -0.15) is 13.9 Å². The highest BCUT2D eigenvalue weighted by atomic mass is 19.3. The predicted molar refractivity (Wildman–Crippen MR) is 108 cm³/mol. The molecular formula is C20H23F2N5O3. The minimum atomic E-state index is -2.97. The zero-order valence-electron chi connectivity index (χ0n) is 16.9. The molecule has 2 aromatic heterocycles. The zero-order chi connectivity index (χ0) is 22.3. The molecule has 0 unspecified atom stereocenters. The number of halogens is 2. The lowest BCUT2D eigenvalue weighted by Crippen LogP contribution is -2.41. The molecule has 0 bridgehead atoms. The maximum absolute atomic E-state index is 12.4. The van der Waals surface area contributed by atoms with Crippen molar-refractivity contribution in [3.63, 3.8) is 0 Å². The highest BCUT2D eigenvalue weighted by Crippen LogP contribution is 2.18. The number of rotatable bonds is 9. The Morgan fingerprint density at radius 3 is 2.63 bits per heavy atom. The molecule has 30 heavy (non-hydrogen) atoms. The van der Waals surface area contributed by atoms with Gasteiger partial charge in [-0.1, -0.05) is 12.7 Å². The molecule has 10 heteroatoms. The summed E-state index contributed by atoms with van der Waals surface area (Å²) in [5, 5.41) is 6.98. The van der Waals surface area contributed by atoms with Crippen LogP contribution in [-0.4, -0.2) is 52.3 Å². The van der Waals surface area contributed by atoms with E-state index in [0.717, 1.165) is 10.4 Å². The third kappa shape index (κ3) is 6.23. The summed E-state index contributed by atoms with van der Waals surface area (Å²) < 4.78 is 29.7. The molecule has 0 fully saturated rings. The molecular weight excluding hydrogens is 396 g/mol. The van der Waals surface area contributed by atoms with Crippen LogP contribution in [0, 0.1) is 0 Å². The van der Waals surface area contributed by atoms with E-state index >= 15 is 0 Å².